The first-order valence-corrected chi connectivity index (χ1v) is 4.45. The maximum atomic E-state index is 10.7. The molecule has 1 rings (SSSR count). The summed E-state index contributed by atoms with van der Waals surface area (Å²) in [6.07, 6.45) is -0.349. The van der Waals surface area contributed by atoms with Crippen molar-refractivity contribution in [2.75, 3.05) is 0 Å². The molecule has 6 heteroatoms. The van der Waals surface area contributed by atoms with Gasteiger partial charge in [-0.05, 0) is 17.2 Å². The fraction of sp³-hybridized carbons (Fsp3) is 0.222. The van der Waals surface area contributed by atoms with Gasteiger partial charge in [0, 0.05) is 0 Å². The highest BCUT2D eigenvalue weighted by Crippen LogP contribution is 2.22. The van der Waals surface area contributed by atoms with Gasteiger partial charge in [-0.25, -0.2) is 4.79 Å². The van der Waals surface area contributed by atoms with E-state index in [1.165, 1.54) is 0 Å². The van der Waals surface area contributed by atoms with Crippen LogP contribution in [0.25, 0.3) is 0 Å². The van der Waals surface area contributed by atoms with Gasteiger partial charge < -0.3 is 5.11 Å². The van der Waals surface area contributed by atoms with E-state index in [9.17, 15) is 14.9 Å². The Balaban J connectivity index is 2.95. The molecule has 80 valence electrons. The lowest BCUT2D eigenvalue weighted by Gasteiger charge is -2.13. The van der Waals surface area contributed by atoms with E-state index in [1.54, 1.807) is 30.3 Å². The van der Waals surface area contributed by atoms with Crippen molar-refractivity contribution in [3.63, 3.8) is 0 Å². The van der Waals surface area contributed by atoms with Crippen LogP contribution in [0.4, 0.5) is 0 Å². The average molecular weight is 230 g/mol. The molecule has 1 aromatic carbocycles. The van der Waals surface area contributed by atoms with Crippen LogP contribution in [0.5, 0.6) is 0 Å². The molecule has 1 N–H and O–H groups in total. The Morgan fingerprint density at radius 1 is 1.47 bits per heavy atom. The molecule has 15 heavy (non-hydrogen) atoms. The molecule has 0 heterocycles. The number of benzene rings is 1. The number of carbonyl (C=O) groups is 1. The summed E-state index contributed by atoms with van der Waals surface area (Å²) in [5, 5.41) is 19.3. The summed E-state index contributed by atoms with van der Waals surface area (Å²) in [6.45, 7) is 0. The average Bonchev–Trinajstić information content (AvgIpc) is 2.18. The highest BCUT2D eigenvalue weighted by Gasteiger charge is 2.49. The topological polar surface area (TPSA) is 80.4 Å². The van der Waals surface area contributed by atoms with E-state index in [4.69, 9.17) is 16.7 Å². The number of carboxylic acids is 1. The van der Waals surface area contributed by atoms with Crippen LogP contribution in [0.15, 0.2) is 30.3 Å². The molecule has 0 amide bonds. The number of rotatable bonds is 4. The SMILES string of the molecule is O=C(O)C(Cl)(Cc1ccccc1)[N+](=O)[O-]. The maximum Gasteiger partial charge on any atom is 0.399 e. The Morgan fingerprint density at radius 3 is 2.40 bits per heavy atom. The highest BCUT2D eigenvalue weighted by atomic mass is 35.5. The van der Waals surface area contributed by atoms with Gasteiger partial charge >= 0.3 is 11.0 Å². The second-order valence-corrected chi connectivity index (χ2v) is 3.61. The molecule has 0 aromatic heterocycles. The molecule has 0 radical (unpaired) electrons. The van der Waals surface area contributed by atoms with Crippen molar-refractivity contribution in [2.45, 2.75) is 11.4 Å². The first-order valence-electron chi connectivity index (χ1n) is 4.07. The van der Waals surface area contributed by atoms with Crippen LogP contribution < -0.4 is 0 Å². The van der Waals surface area contributed by atoms with E-state index >= 15 is 0 Å². The number of alkyl halides is 1. The van der Waals surface area contributed by atoms with E-state index in [0.717, 1.165) is 0 Å². The lowest BCUT2D eigenvalue weighted by atomic mass is 10.1. The fourth-order valence-electron chi connectivity index (χ4n) is 1.08. The second-order valence-electron chi connectivity index (χ2n) is 2.98. The number of halogens is 1. The molecule has 1 aromatic rings. The minimum atomic E-state index is -2.48. The van der Waals surface area contributed by atoms with Crippen molar-refractivity contribution >= 4 is 17.6 Å². The van der Waals surface area contributed by atoms with Gasteiger partial charge in [0.05, 0.1) is 11.3 Å². The molecule has 0 saturated heterocycles. The monoisotopic (exact) mass is 229 g/mol. The second kappa shape index (κ2) is 4.27. The van der Waals surface area contributed by atoms with Gasteiger partial charge in [0.2, 0.25) is 0 Å². The van der Waals surface area contributed by atoms with Crippen molar-refractivity contribution in [2.24, 2.45) is 0 Å². The Kier molecular flexibility index (Phi) is 3.26. The molecule has 0 spiro atoms. The molecule has 5 nitrogen and oxygen atoms in total. The zero-order chi connectivity index (χ0) is 11.5. The molecule has 1 atom stereocenters. The minimum absolute atomic E-state index is 0.349. The summed E-state index contributed by atoms with van der Waals surface area (Å²) in [5.41, 5.74) is 0.506. The van der Waals surface area contributed by atoms with E-state index in [1.807, 2.05) is 0 Å². The molecule has 0 aliphatic carbocycles. The molecule has 0 aliphatic rings. The first kappa shape index (κ1) is 11.5. The van der Waals surface area contributed by atoms with E-state index < -0.39 is 15.9 Å². The molecule has 0 aliphatic heterocycles. The largest absolute Gasteiger partial charge is 0.475 e. The van der Waals surface area contributed by atoms with Crippen molar-refractivity contribution in [1.29, 1.82) is 0 Å². The van der Waals surface area contributed by atoms with E-state index in [0.29, 0.717) is 5.56 Å². The normalized spacial score (nSPS) is 14.2. The van der Waals surface area contributed by atoms with Gasteiger partial charge in [0.15, 0.2) is 0 Å². The van der Waals surface area contributed by atoms with Crippen LogP contribution >= 0.6 is 11.6 Å². The Bertz CT molecular complexity index is 365. The molecular weight excluding hydrogens is 222 g/mol. The lowest BCUT2D eigenvalue weighted by Crippen LogP contribution is -2.42. The van der Waals surface area contributed by atoms with Crippen LogP contribution in [-0.4, -0.2) is 21.0 Å². The molecule has 1 unspecified atom stereocenters. The van der Waals surface area contributed by atoms with Crippen LogP contribution in [-0.2, 0) is 11.2 Å². The third kappa shape index (κ3) is 2.44. The zero-order valence-corrected chi connectivity index (χ0v) is 8.35. The fourth-order valence-corrected chi connectivity index (χ4v) is 1.24. The smallest absolute Gasteiger partial charge is 0.399 e. The first-order chi connectivity index (χ1) is 6.97. The van der Waals surface area contributed by atoms with Crippen LogP contribution in [0.1, 0.15) is 5.56 Å². The highest BCUT2D eigenvalue weighted by molar-refractivity contribution is 6.32. The van der Waals surface area contributed by atoms with Gasteiger partial charge in [-0.1, -0.05) is 30.3 Å². The minimum Gasteiger partial charge on any atom is -0.475 e. The summed E-state index contributed by atoms with van der Waals surface area (Å²) >= 11 is 5.44. The molecule has 0 bridgehead atoms. The van der Waals surface area contributed by atoms with Crippen molar-refractivity contribution in [1.82, 2.24) is 0 Å². The van der Waals surface area contributed by atoms with Crippen molar-refractivity contribution < 1.29 is 14.8 Å². The van der Waals surface area contributed by atoms with E-state index in [2.05, 4.69) is 0 Å². The van der Waals surface area contributed by atoms with Crippen molar-refractivity contribution in [3.05, 3.63) is 46.0 Å². The summed E-state index contributed by atoms with van der Waals surface area (Å²) in [4.78, 5) is 17.8. The van der Waals surface area contributed by atoms with Gasteiger partial charge in [-0.2, -0.15) is 0 Å². The predicted molar refractivity (Wildman–Crippen MR) is 53.4 cm³/mol. The summed E-state index contributed by atoms with van der Waals surface area (Å²) < 4.78 is 0. The van der Waals surface area contributed by atoms with Gasteiger partial charge in [-0.15, -0.1) is 0 Å². The number of aliphatic carboxylic acids is 1. The number of hydrogen-bond acceptors (Lipinski definition) is 3. The van der Waals surface area contributed by atoms with Crippen LogP contribution in [0, 0.1) is 10.1 Å². The van der Waals surface area contributed by atoms with E-state index in [-0.39, 0.29) is 6.42 Å². The molecular formula is C9H8ClNO4. The zero-order valence-electron chi connectivity index (χ0n) is 7.59. The summed E-state index contributed by atoms with van der Waals surface area (Å²) in [7, 11) is 0. The van der Waals surface area contributed by atoms with Gasteiger partial charge in [0.25, 0.3) is 0 Å². The Labute approximate surface area is 90.4 Å². The number of hydrogen-bond donors (Lipinski definition) is 1. The number of carboxylic acid groups (broad SMARTS) is 1. The predicted octanol–water partition coefficient (Wildman–Crippen LogP) is 1.53. The third-order valence-corrected chi connectivity index (χ3v) is 2.33. The maximum absolute atomic E-state index is 10.7. The molecule has 0 fully saturated rings. The Morgan fingerprint density at radius 2 is 2.00 bits per heavy atom. The van der Waals surface area contributed by atoms with Crippen LogP contribution in [0.2, 0.25) is 0 Å². The number of nitrogens with zero attached hydrogens (tertiary/aromatic N) is 1. The molecule has 0 saturated carbocycles. The van der Waals surface area contributed by atoms with Crippen LogP contribution in [0.3, 0.4) is 0 Å². The van der Waals surface area contributed by atoms with Gasteiger partial charge in [0.1, 0.15) is 0 Å². The van der Waals surface area contributed by atoms with Crippen molar-refractivity contribution in [3.8, 4) is 0 Å². The standard InChI is InChI=1S/C9H8ClNO4/c10-9(8(12)13,11(14)15)6-7-4-2-1-3-5-7/h1-5H,6H2,(H,12,13). The van der Waals surface area contributed by atoms with Gasteiger partial charge in [-0.3, -0.25) is 10.1 Å². The quantitative estimate of drug-likeness (QED) is 0.367. The lowest BCUT2D eigenvalue weighted by molar-refractivity contribution is -0.528. The number of nitro groups is 1. The Hall–Kier alpha value is -1.62. The third-order valence-electron chi connectivity index (χ3n) is 1.90. The summed E-state index contributed by atoms with van der Waals surface area (Å²) in [5.74, 6) is -1.65. The summed E-state index contributed by atoms with van der Waals surface area (Å²) in [6, 6.07) is 8.22.